The highest BCUT2D eigenvalue weighted by Gasteiger charge is 2.37. The van der Waals surface area contributed by atoms with Crippen LogP contribution in [0.3, 0.4) is 0 Å². The van der Waals surface area contributed by atoms with E-state index in [0.717, 1.165) is 5.69 Å². The molecule has 1 saturated heterocycles. The molecule has 1 N–H and O–H groups in total. The Bertz CT molecular complexity index is 684. The third-order valence-electron chi connectivity index (χ3n) is 3.66. The molecule has 0 aliphatic carbocycles. The summed E-state index contributed by atoms with van der Waals surface area (Å²) in [6.45, 7) is 0.796. The first-order valence-electron chi connectivity index (χ1n) is 7.02. The van der Waals surface area contributed by atoms with Crippen molar-refractivity contribution >= 4 is 29.1 Å². The van der Waals surface area contributed by atoms with Crippen molar-refractivity contribution in [1.29, 1.82) is 0 Å². The Kier molecular flexibility index (Phi) is 4.15. The van der Waals surface area contributed by atoms with Crippen molar-refractivity contribution in [2.24, 2.45) is 5.92 Å². The molecule has 1 aromatic heterocycles. The number of nitrogens with one attached hydrogen (secondary N) is 1. The number of benzene rings is 1. The molecule has 1 aromatic carbocycles. The Morgan fingerprint density at radius 2 is 2.23 bits per heavy atom. The predicted octanol–water partition coefficient (Wildman–Crippen LogP) is 2.60. The number of amides is 2. The van der Waals surface area contributed by atoms with Gasteiger partial charge in [-0.25, -0.2) is 0 Å². The van der Waals surface area contributed by atoms with Gasteiger partial charge in [0.05, 0.1) is 12.8 Å². The second-order valence-corrected chi connectivity index (χ2v) is 5.54. The fourth-order valence-electron chi connectivity index (χ4n) is 2.53. The van der Waals surface area contributed by atoms with Gasteiger partial charge in [0, 0.05) is 17.3 Å². The van der Waals surface area contributed by atoms with Gasteiger partial charge in [-0.2, -0.15) is 0 Å². The van der Waals surface area contributed by atoms with Crippen LogP contribution in [0.4, 0.5) is 5.69 Å². The molecule has 2 aromatic rings. The molecule has 5 nitrogen and oxygen atoms in total. The van der Waals surface area contributed by atoms with Gasteiger partial charge in [0.2, 0.25) is 11.8 Å². The Morgan fingerprint density at radius 3 is 2.95 bits per heavy atom. The lowest BCUT2D eigenvalue weighted by atomic mass is 10.1. The molecule has 0 spiro atoms. The topological polar surface area (TPSA) is 62.6 Å². The molecule has 1 aliphatic heterocycles. The van der Waals surface area contributed by atoms with Crippen LogP contribution in [0.5, 0.6) is 0 Å². The largest absolute Gasteiger partial charge is 0.467 e. The van der Waals surface area contributed by atoms with Gasteiger partial charge in [-0.15, -0.1) is 0 Å². The van der Waals surface area contributed by atoms with Crippen molar-refractivity contribution < 1.29 is 14.0 Å². The zero-order valence-corrected chi connectivity index (χ0v) is 12.5. The van der Waals surface area contributed by atoms with E-state index in [1.54, 1.807) is 41.5 Å². The number of rotatable bonds is 4. The number of carbonyl (C=O) groups excluding carboxylic acids is 2. The van der Waals surface area contributed by atoms with Gasteiger partial charge in [-0.3, -0.25) is 9.59 Å². The summed E-state index contributed by atoms with van der Waals surface area (Å²) >= 11 is 5.95. The van der Waals surface area contributed by atoms with E-state index in [0.29, 0.717) is 23.7 Å². The summed E-state index contributed by atoms with van der Waals surface area (Å²) < 4.78 is 5.15. The summed E-state index contributed by atoms with van der Waals surface area (Å²) in [7, 11) is 0. The number of carbonyl (C=O) groups is 2. The quantitative estimate of drug-likeness (QED) is 0.881. The van der Waals surface area contributed by atoms with Crippen LogP contribution >= 0.6 is 11.6 Å². The van der Waals surface area contributed by atoms with E-state index in [1.165, 1.54) is 0 Å². The van der Waals surface area contributed by atoms with E-state index in [1.807, 2.05) is 6.07 Å². The van der Waals surface area contributed by atoms with Gasteiger partial charge in [-0.1, -0.05) is 17.7 Å². The van der Waals surface area contributed by atoms with E-state index in [9.17, 15) is 9.59 Å². The molecule has 1 fully saturated rings. The van der Waals surface area contributed by atoms with E-state index < -0.39 is 5.92 Å². The number of hydrogen-bond acceptors (Lipinski definition) is 3. The second-order valence-electron chi connectivity index (χ2n) is 5.11. The highest BCUT2D eigenvalue weighted by atomic mass is 35.5. The minimum Gasteiger partial charge on any atom is -0.467 e. The normalized spacial score (nSPS) is 17.8. The summed E-state index contributed by atoms with van der Waals surface area (Å²) in [5.41, 5.74) is 0.721. The molecule has 22 heavy (non-hydrogen) atoms. The molecule has 1 aliphatic rings. The third kappa shape index (κ3) is 2.99. The molecule has 3 rings (SSSR count). The van der Waals surface area contributed by atoms with Gasteiger partial charge in [0.25, 0.3) is 0 Å². The highest BCUT2D eigenvalue weighted by Crippen LogP contribution is 2.27. The summed E-state index contributed by atoms with van der Waals surface area (Å²) in [6, 6.07) is 10.6. The fraction of sp³-hybridized carbons (Fsp3) is 0.250. The first-order valence-corrected chi connectivity index (χ1v) is 7.40. The minimum absolute atomic E-state index is 0.195. The fourth-order valence-corrected chi connectivity index (χ4v) is 2.72. The number of nitrogens with zero attached hydrogens (tertiary/aromatic N) is 1. The molecule has 114 valence electrons. The van der Waals surface area contributed by atoms with Crippen LogP contribution in [-0.4, -0.2) is 18.4 Å². The van der Waals surface area contributed by atoms with Crippen molar-refractivity contribution in [3.8, 4) is 0 Å². The smallest absolute Gasteiger partial charge is 0.239 e. The molecular weight excluding hydrogens is 304 g/mol. The SMILES string of the molecule is O=C(NCc1ccco1)C1CCN(c2cccc(Cl)c2)C1=O. The molecule has 2 heterocycles. The van der Waals surface area contributed by atoms with Crippen LogP contribution in [0.15, 0.2) is 47.1 Å². The van der Waals surface area contributed by atoms with Crippen molar-refractivity contribution in [2.45, 2.75) is 13.0 Å². The van der Waals surface area contributed by atoms with E-state index in [2.05, 4.69) is 5.32 Å². The Morgan fingerprint density at radius 1 is 1.36 bits per heavy atom. The summed E-state index contributed by atoms with van der Waals surface area (Å²) in [6.07, 6.45) is 2.04. The molecule has 6 heteroatoms. The second kappa shape index (κ2) is 6.23. The van der Waals surface area contributed by atoms with Gasteiger partial charge >= 0.3 is 0 Å². The molecule has 0 bridgehead atoms. The van der Waals surface area contributed by atoms with Crippen LogP contribution in [0.2, 0.25) is 5.02 Å². The van der Waals surface area contributed by atoms with Crippen LogP contribution in [0, 0.1) is 5.92 Å². The predicted molar refractivity (Wildman–Crippen MR) is 82.5 cm³/mol. The zero-order valence-electron chi connectivity index (χ0n) is 11.8. The monoisotopic (exact) mass is 318 g/mol. The summed E-state index contributed by atoms with van der Waals surface area (Å²) in [4.78, 5) is 26.2. The van der Waals surface area contributed by atoms with Gasteiger partial charge < -0.3 is 14.6 Å². The van der Waals surface area contributed by atoms with E-state index in [-0.39, 0.29) is 18.4 Å². The maximum absolute atomic E-state index is 12.4. The first-order chi connectivity index (χ1) is 10.6. The standard InChI is InChI=1S/C16H15ClN2O3/c17-11-3-1-4-12(9-11)19-7-6-14(16(19)21)15(20)18-10-13-5-2-8-22-13/h1-5,8-9,14H,6-7,10H2,(H,18,20). The number of halogens is 1. The highest BCUT2D eigenvalue weighted by molar-refractivity contribution is 6.31. The van der Waals surface area contributed by atoms with Gasteiger partial charge in [-0.05, 0) is 36.8 Å². The van der Waals surface area contributed by atoms with Gasteiger partial charge in [0.15, 0.2) is 0 Å². The molecule has 0 radical (unpaired) electrons. The molecule has 1 atom stereocenters. The number of furan rings is 1. The summed E-state index contributed by atoms with van der Waals surface area (Å²) in [5, 5.41) is 3.30. The molecule has 2 amide bonds. The minimum atomic E-state index is -0.658. The van der Waals surface area contributed by atoms with Gasteiger partial charge in [0.1, 0.15) is 11.7 Å². The lowest BCUT2D eigenvalue weighted by Gasteiger charge is -2.17. The van der Waals surface area contributed by atoms with Crippen LogP contribution in [-0.2, 0) is 16.1 Å². The third-order valence-corrected chi connectivity index (χ3v) is 3.89. The number of hydrogen-bond donors (Lipinski definition) is 1. The maximum atomic E-state index is 12.4. The maximum Gasteiger partial charge on any atom is 0.239 e. The molecular formula is C16H15ClN2O3. The van der Waals surface area contributed by atoms with Crippen LogP contribution in [0.25, 0.3) is 0 Å². The van der Waals surface area contributed by atoms with Crippen molar-refractivity contribution in [3.63, 3.8) is 0 Å². The summed E-state index contributed by atoms with van der Waals surface area (Å²) in [5.74, 6) is -0.468. The molecule has 1 unspecified atom stereocenters. The number of anilines is 1. The average molecular weight is 319 g/mol. The first kappa shape index (κ1) is 14.7. The Labute approximate surface area is 132 Å². The van der Waals surface area contributed by atoms with Crippen molar-refractivity contribution in [3.05, 3.63) is 53.4 Å². The van der Waals surface area contributed by atoms with Crippen molar-refractivity contribution in [2.75, 3.05) is 11.4 Å². The van der Waals surface area contributed by atoms with E-state index in [4.69, 9.17) is 16.0 Å². The molecule has 0 saturated carbocycles. The zero-order chi connectivity index (χ0) is 15.5. The average Bonchev–Trinajstić information content (AvgIpc) is 3.14. The Hall–Kier alpha value is -2.27. The Balaban J connectivity index is 1.64. The lowest BCUT2D eigenvalue weighted by Crippen LogP contribution is -2.36. The van der Waals surface area contributed by atoms with E-state index >= 15 is 0 Å². The van der Waals surface area contributed by atoms with Crippen LogP contribution in [0.1, 0.15) is 12.2 Å². The lowest BCUT2D eigenvalue weighted by molar-refractivity contribution is -0.132. The van der Waals surface area contributed by atoms with Crippen LogP contribution < -0.4 is 10.2 Å². The van der Waals surface area contributed by atoms with Crippen molar-refractivity contribution in [1.82, 2.24) is 5.32 Å².